The van der Waals surface area contributed by atoms with E-state index in [1.165, 1.54) is 0 Å². The maximum Gasteiger partial charge on any atom is 0.232 e. The molecule has 0 spiro atoms. The van der Waals surface area contributed by atoms with Crippen LogP contribution in [0.1, 0.15) is 23.6 Å². The van der Waals surface area contributed by atoms with E-state index in [2.05, 4.69) is 20.3 Å². The SMILES string of the molecule is Nc1nc(Nc2ccccc2)nc(C2Oc3ccccc3C2O)n1. The molecule has 120 valence electrons. The van der Waals surface area contributed by atoms with Crippen LogP contribution in [-0.4, -0.2) is 20.1 Å². The van der Waals surface area contributed by atoms with Gasteiger partial charge in [-0.1, -0.05) is 36.4 Å². The lowest BCUT2D eigenvalue weighted by molar-refractivity contribution is 0.0618. The number of aliphatic hydroxyl groups is 1. The van der Waals surface area contributed by atoms with Gasteiger partial charge < -0.3 is 20.9 Å². The smallest absolute Gasteiger partial charge is 0.232 e. The quantitative estimate of drug-likeness (QED) is 0.680. The Kier molecular flexibility index (Phi) is 3.47. The van der Waals surface area contributed by atoms with E-state index in [9.17, 15) is 5.11 Å². The minimum Gasteiger partial charge on any atom is -0.479 e. The Morgan fingerprint density at radius 3 is 2.50 bits per heavy atom. The van der Waals surface area contributed by atoms with Gasteiger partial charge in [-0.15, -0.1) is 0 Å². The van der Waals surface area contributed by atoms with Crippen LogP contribution in [0, 0.1) is 0 Å². The topological polar surface area (TPSA) is 106 Å². The van der Waals surface area contributed by atoms with Crippen LogP contribution >= 0.6 is 0 Å². The summed E-state index contributed by atoms with van der Waals surface area (Å²) < 4.78 is 5.78. The van der Waals surface area contributed by atoms with Crippen molar-refractivity contribution in [2.45, 2.75) is 12.2 Å². The van der Waals surface area contributed by atoms with Gasteiger partial charge in [0.1, 0.15) is 11.9 Å². The molecule has 0 saturated heterocycles. The van der Waals surface area contributed by atoms with E-state index in [1.807, 2.05) is 48.5 Å². The first kappa shape index (κ1) is 14.4. The number of ether oxygens (including phenoxy) is 1. The van der Waals surface area contributed by atoms with Crippen LogP contribution in [0.15, 0.2) is 54.6 Å². The standard InChI is InChI=1S/C17H15N5O2/c18-16-20-15(14-13(23)11-8-4-5-9-12(11)24-14)21-17(22-16)19-10-6-2-1-3-7-10/h1-9,13-14,23H,(H3,18,19,20,21,22). The number of benzene rings is 2. The number of fused-ring (bicyclic) bond motifs is 1. The molecule has 0 amide bonds. The van der Waals surface area contributed by atoms with Crippen LogP contribution in [0.3, 0.4) is 0 Å². The fourth-order valence-electron chi connectivity index (χ4n) is 2.63. The Labute approximate surface area is 138 Å². The summed E-state index contributed by atoms with van der Waals surface area (Å²) in [5, 5.41) is 13.5. The molecule has 1 aromatic heterocycles. The van der Waals surface area contributed by atoms with E-state index < -0.39 is 12.2 Å². The summed E-state index contributed by atoms with van der Waals surface area (Å²) >= 11 is 0. The number of hydrogen-bond acceptors (Lipinski definition) is 7. The lowest BCUT2D eigenvalue weighted by Gasteiger charge is -2.14. The van der Waals surface area contributed by atoms with E-state index in [4.69, 9.17) is 10.5 Å². The molecule has 2 heterocycles. The molecule has 4 N–H and O–H groups in total. The number of hydrogen-bond donors (Lipinski definition) is 3. The van der Waals surface area contributed by atoms with E-state index >= 15 is 0 Å². The molecule has 2 unspecified atom stereocenters. The van der Waals surface area contributed by atoms with Gasteiger partial charge in [0, 0.05) is 11.3 Å². The van der Waals surface area contributed by atoms with Gasteiger partial charge in [0.15, 0.2) is 11.9 Å². The van der Waals surface area contributed by atoms with Gasteiger partial charge in [-0.2, -0.15) is 15.0 Å². The first-order chi connectivity index (χ1) is 11.7. The molecule has 7 nitrogen and oxygen atoms in total. The summed E-state index contributed by atoms with van der Waals surface area (Å²) in [6, 6.07) is 16.8. The van der Waals surface area contributed by atoms with Crippen LogP contribution in [0.25, 0.3) is 0 Å². The molecule has 2 atom stereocenters. The number of rotatable bonds is 3. The zero-order valence-electron chi connectivity index (χ0n) is 12.6. The Morgan fingerprint density at radius 2 is 1.71 bits per heavy atom. The van der Waals surface area contributed by atoms with Crippen LogP contribution in [0.2, 0.25) is 0 Å². The van der Waals surface area contributed by atoms with E-state index in [0.717, 1.165) is 5.69 Å². The molecule has 3 aromatic rings. The molecule has 0 fully saturated rings. The fourth-order valence-corrected chi connectivity index (χ4v) is 2.63. The third kappa shape index (κ3) is 2.61. The molecule has 0 saturated carbocycles. The lowest BCUT2D eigenvalue weighted by Crippen LogP contribution is -2.16. The summed E-state index contributed by atoms with van der Waals surface area (Å²) in [6.45, 7) is 0. The highest BCUT2D eigenvalue weighted by Gasteiger charge is 2.36. The highest BCUT2D eigenvalue weighted by atomic mass is 16.5. The molecule has 1 aliphatic rings. The van der Waals surface area contributed by atoms with Gasteiger partial charge in [-0.05, 0) is 18.2 Å². The summed E-state index contributed by atoms with van der Waals surface area (Å²) in [7, 11) is 0. The number of aromatic nitrogens is 3. The average molecular weight is 321 g/mol. The minimum atomic E-state index is -0.854. The van der Waals surface area contributed by atoms with Gasteiger partial charge in [-0.3, -0.25) is 0 Å². The third-order valence-corrected chi connectivity index (χ3v) is 3.73. The van der Waals surface area contributed by atoms with Crippen LogP contribution in [0.4, 0.5) is 17.6 Å². The van der Waals surface area contributed by atoms with Crippen LogP contribution in [0.5, 0.6) is 5.75 Å². The van der Waals surface area contributed by atoms with Crippen molar-refractivity contribution in [3.05, 3.63) is 66.0 Å². The number of nitrogen functional groups attached to an aromatic ring is 1. The lowest BCUT2D eigenvalue weighted by atomic mass is 10.1. The predicted octanol–water partition coefficient (Wildman–Crippen LogP) is 2.36. The summed E-state index contributed by atoms with van der Waals surface area (Å²) in [5.41, 5.74) is 7.32. The Hall–Kier alpha value is -3.19. The minimum absolute atomic E-state index is 0.0604. The molecule has 0 bridgehead atoms. The van der Waals surface area contributed by atoms with Gasteiger partial charge in [0.2, 0.25) is 11.9 Å². The second-order valence-corrected chi connectivity index (χ2v) is 5.39. The molecule has 24 heavy (non-hydrogen) atoms. The zero-order valence-corrected chi connectivity index (χ0v) is 12.6. The largest absolute Gasteiger partial charge is 0.479 e. The van der Waals surface area contributed by atoms with E-state index in [1.54, 1.807) is 6.07 Å². The molecule has 2 aromatic carbocycles. The normalized spacial score (nSPS) is 18.7. The van der Waals surface area contributed by atoms with E-state index in [0.29, 0.717) is 17.3 Å². The first-order valence-corrected chi connectivity index (χ1v) is 7.48. The van der Waals surface area contributed by atoms with Crippen LogP contribution in [-0.2, 0) is 0 Å². The molecule has 0 radical (unpaired) electrons. The highest BCUT2D eigenvalue weighted by Crippen LogP contribution is 2.43. The van der Waals surface area contributed by atoms with Crippen molar-refractivity contribution in [1.82, 2.24) is 15.0 Å². The van der Waals surface area contributed by atoms with Crippen molar-refractivity contribution in [2.75, 3.05) is 11.1 Å². The van der Waals surface area contributed by atoms with Crippen molar-refractivity contribution in [3.63, 3.8) is 0 Å². The van der Waals surface area contributed by atoms with Gasteiger partial charge in [0.25, 0.3) is 0 Å². The van der Waals surface area contributed by atoms with Crippen molar-refractivity contribution < 1.29 is 9.84 Å². The third-order valence-electron chi connectivity index (χ3n) is 3.73. The van der Waals surface area contributed by atoms with Crippen molar-refractivity contribution in [1.29, 1.82) is 0 Å². The Balaban J connectivity index is 1.65. The van der Waals surface area contributed by atoms with Gasteiger partial charge in [-0.25, -0.2) is 0 Å². The second kappa shape index (κ2) is 5.78. The van der Waals surface area contributed by atoms with E-state index in [-0.39, 0.29) is 11.8 Å². The first-order valence-electron chi connectivity index (χ1n) is 7.48. The van der Waals surface area contributed by atoms with Crippen LogP contribution < -0.4 is 15.8 Å². The number of nitrogens with one attached hydrogen (secondary N) is 1. The number of nitrogens with two attached hydrogens (primary N) is 1. The fraction of sp³-hybridized carbons (Fsp3) is 0.118. The number of anilines is 3. The molecule has 4 rings (SSSR count). The van der Waals surface area contributed by atoms with Gasteiger partial charge >= 0.3 is 0 Å². The second-order valence-electron chi connectivity index (χ2n) is 5.39. The summed E-state index contributed by atoms with van der Waals surface area (Å²) in [5.74, 6) is 1.26. The van der Waals surface area contributed by atoms with Crippen molar-refractivity contribution >= 4 is 17.6 Å². The predicted molar refractivity (Wildman–Crippen MR) is 88.7 cm³/mol. The molecule has 0 aliphatic carbocycles. The summed E-state index contributed by atoms with van der Waals surface area (Å²) in [4.78, 5) is 12.5. The summed E-state index contributed by atoms with van der Waals surface area (Å²) in [6.07, 6.45) is -1.57. The average Bonchev–Trinajstić information content (AvgIpc) is 2.93. The van der Waals surface area contributed by atoms with Crippen molar-refractivity contribution in [3.8, 4) is 5.75 Å². The molecular weight excluding hydrogens is 306 g/mol. The molecular formula is C17H15N5O2. The molecule has 7 heteroatoms. The Bertz CT molecular complexity index is 872. The maximum atomic E-state index is 10.5. The number of para-hydroxylation sites is 2. The highest BCUT2D eigenvalue weighted by molar-refractivity contribution is 5.53. The Morgan fingerprint density at radius 1 is 0.958 bits per heavy atom. The molecule has 1 aliphatic heterocycles. The monoisotopic (exact) mass is 321 g/mol. The maximum absolute atomic E-state index is 10.5. The number of nitrogens with zero attached hydrogens (tertiary/aromatic N) is 3. The van der Waals surface area contributed by atoms with Gasteiger partial charge in [0.05, 0.1) is 0 Å². The number of aliphatic hydroxyl groups excluding tert-OH is 1. The van der Waals surface area contributed by atoms with Crippen molar-refractivity contribution in [2.24, 2.45) is 0 Å². The zero-order chi connectivity index (χ0) is 16.5.